The van der Waals surface area contributed by atoms with Crippen LogP contribution < -0.4 is 4.90 Å². The van der Waals surface area contributed by atoms with Crippen LogP contribution in [0.3, 0.4) is 0 Å². The number of halogens is 1. The molecule has 1 atom stereocenters. The van der Waals surface area contributed by atoms with Gasteiger partial charge in [-0.15, -0.1) is 0 Å². The summed E-state index contributed by atoms with van der Waals surface area (Å²) in [7, 11) is 0. The van der Waals surface area contributed by atoms with Crippen LogP contribution in [0.15, 0.2) is 18.3 Å². The van der Waals surface area contributed by atoms with E-state index < -0.39 is 0 Å². The molecule has 0 aliphatic carbocycles. The molecule has 1 aromatic heterocycles. The Bertz CT molecular complexity index is 401. The number of rotatable bonds is 2. The Morgan fingerprint density at radius 2 is 2.11 bits per heavy atom. The second-order valence-electron chi connectivity index (χ2n) is 4.85. The molecule has 0 radical (unpaired) electrons. The minimum absolute atomic E-state index is 0.227. The fraction of sp³-hybridized carbons (Fsp3) is 0.615. The molecule has 1 aromatic rings. The van der Waals surface area contributed by atoms with Gasteiger partial charge in [-0.05, 0) is 18.6 Å². The zero-order valence-electron chi connectivity index (χ0n) is 10.4. The molecule has 0 spiro atoms. The monoisotopic (exact) mass is 251 g/mol. The second-order valence-corrected chi connectivity index (χ2v) is 4.85. The van der Waals surface area contributed by atoms with Crippen LogP contribution in [-0.2, 0) is 4.74 Å². The number of aromatic nitrogens is 1. The summed E-state index contributed by atoms with van der Waals surface area (Å²) in [4.78, 5) is 8.61. The van der Waals surface area contributed by atoms with E-state index in [1.165, 1.54) is 6.07 Å². The lowest BCUT2D eigenvalue weighted by Gasteiger charge is -2.38. The molecule has 0 aromatic carbocycles. The van der Waals surface area contributed by atoms with Gasteiger partial charge in [0.05, 0.1) is 6.61 Å². The van der Waals surface area contributed by atoms with Gasteiger partial charge in [0.2, 0.25) is 0 Å². The molecular weight excluding hydrogens is 233 g/mol. The molecule has 2 fully saturated rings. The molecule has 3 rings (SSSR count). The smallest absolute Gasteiger partial charge is 0.165 e. The average molecular weight is 251 g/mol. The predicted molar refractivity (Wildman–Crippen MR) is 67.2 cm³/mol. The van der Waals surface area contributed by atoms with E-state index in [0.717, 1.165) is 45.8 Å². The Morgan fingerprint density at radius 1 is 1.28 bits per heavy atom. The predicted octanol–water partition coefficient (Wildman–Crippen LogP) is 1.13. The highest BCUT2D eigenvalue weighted by atomic mass is 19.1. The van der Waals surface area contributed by atoms with Crippen LogP contribution in [0.2, 0.25) is 0 Å². The SMILES string of the molecule is Fc1cccnc1N1CCN([C@H]2CCOC2)CC1. The largest absolute Gasteiger partial charge is 0.380 e. The lowest BCUT2D eigenvalue weighted by molar-refractivity contribution is 0.138. The van der Waals surface area contributed by atoms with Crippen molar-refractivity contribution in [2.24, 2.45) is 0 Å². The summed E-state index contributed by atoms with van der Waals surface area (Å²) in [6.07, 6.45) is 2.77. The van der Waals surface area contributed by atoms with E-state index >= 15 is 0 Å². The van der Waals surface area contributed by atoms with Gasteiger partial charge in [0, 0.05) is 45.0 Å². The van der Waals surface area contributed by atoms with Crippen LogP contribution >= 0.6 is 0 Å². The molecule has 3 heterocycles. The third-order valence-corrected chi connectivity index (χ3v) is 3.77. The van der Waals surface area contributed by atoms with Crippen molar-refractivity contribution >= 4 is 5.82 Å². The molecule has 0 bridgehead atoms. The lowest BCUT2D eigenvalue weighted by Crippen LogP contribution is -2.51. The summed E-state index contributed by atoms with van der Waals surface area (Å²) in [5.74, 6) is 0.259. The van der Waals surface area contributed by atoms with Crippen LogP contribution in [0.5, 0.6) is 0 Å². The molecule has 2 aliphatic heterocycles. The summed E-state index contributed by atoms with van der Waals surface area (Å²) in [6, 6.07) is 3.66. The maximum atomic E-state index is 13.6. The van der Waals surface area contributed by atoms with E-state index in [4.69, 9.17) is 4.74 Å². The van der Waals surface area contributed by atoms with E-state index in [2.05, 4.69) is 9.88 Å². The van der Waals surface area contributed by atoms with Gasteiger partial charge in [-0.3, -0.25) is 4.90 Å². The highest BCUT2D eigenvalue weighted by Crippen LogP contribution is 2.20. The highest BCUT2D eigenvalue weighted by molar-refractivity contribution is 5.40. The van der Waals surface area contributed by atoms with Crippen molar-refractivity contribution in [2.75, 3.05) is 44.3 Å². The van der Waals surface area contributed by atoms with E-state index in [0.29, 0.717) is 11.9 Å². The fourth-order valence-corrected chi connectivity index (χ4v) is 2.72. The third kappa shape index (κ3) is 2.33. The van der Waals surface area contributed by atoms with Gasteiger partial charge in [-0.2, -0.15) is 0 Å². The Hall–Kier alpha value is -1.20. The minimum atomic E-state index is -0.227. The number of hydrogen-bond acceptors (Lipinski definition) is 4. The number of ether oxygens (including phenoxy) is 1. The second kappa shape index (κ2) is 5.20. The minimum Gasteiger partial charge on any atom is -0.380 e. The van der Waals surface area contributed by atoms with Crippen molar-refractivity contribution in [3.05, 3.63) is 24.1 Å². The first-order valence-electron chi connectivity index (χ1n) is 6.52. The fourth-order valence-electron chi connectivity index (χ4n) is 2.72. The molecule has 18 heavy (non-hydrogen) atoms. The zero-order valence-corrected chi connectivity index (χ0v) is 10.4. The molecule has 4 nitrogen and oxygen atoms in total. The summed E-state index contributed by atoms with van der Waals surface area (Å²) < 4.78 is 19.0. The summed E-state index contributed by atoms with van der Waals surface area (Å²) in [5.41, 5.74) is 0. The number of pyridine rings is 1. The molecule has 0 amide bonds. The zero-order chi connectivity index (χ0) is 12.4. The van der Waals surface area contributed by atoms with Gasteiger partial charge in [0.15, 0.2) is 11.6 Å². The molecule has 0 saturated carbocycles. The maximum absolute atomic E-state index is 13.6. The number of piperazine rings is 1. The first kappa shape index (κ1) is 11.9. The van der Waals surface area contributed by atoms with Gasteiger partial charge >= 0.3 is 0 Å². The number of hydrogen-bond donors (Lipinski definition) is 0. The van der Waals surface area contributed by atoms with Crippen molar-refractivity contribution in [1.29, 1.82) is 0 Å². The molecule has 0 unspecified atom stereocenters. The molecule has 0 N–H and O–H groups in total. The van der Waals surface area contributed by atoms with Crippen molar-refractivity contribution < 1.29 is 9.13 Å². The standard InChI is InChI=1S/C13H18FN3O/c14-12-2-1-4-15-13(12)17-7-5-16(6-8-17)11-3-9-18-10-11/h1-2,4,11H,3,5-10H2/t11-/m0/s1. The van der Waals surface area contributed by atoms with Gasteiger partial charge in [0.25, 0.3) is 0 Å². The topological polar surface area (TPSA) is 28.6 Å². The number of anilines is 1. The summed E-state index contributed by atoms with van der Waals surface area (Å²) in [6.45, 7) is 5.32. The molecule has 98 valence electrons. The number of nitrogens with zero attached hydrogens (tertiary/aromatic N) is 3. The van der Waals surface area contributed by atoms with Crippen molar-refractivity contribution in [3.63, 3.8) is 0 Å². The van der Waals surface area contributed by atoms with E-state index in [9.17, 15) is 4.39 Å². The quantitative estimate of drug-likeness (QED) is 0.788. The van der Waals surface area contributed by atoms with Crippen LogP contribution in [0, 0.1) is 5.82 Å². The first-order chi connectivity index (χ1) is 8.84. The molecule has 2 saturated heterocycles. The van der Waals surface area contributed by atoms with Crippen molar-refractivity contribution in [3.8, 4) is 0 Å². The first-order valence-corrected chi connectivity index (χ1v) is 6.52. The maximum Gasteiger partial charge on any atom is 0.165 e. The Morgan fingerprint density at radius 3 is 2.78 bits per heavy atom. The normalized spacial score (nSPS) is 25.6. The average Bonchev–Trinajstić information content (AvgIpc) is 2.94. The van der Waals surface area contributed by atoms with Crippen molar-refractivity contribution in [1.82, 2.24) is 9.88 Å². The lowest BCUT2D eigenvalue weighted by atomic mass is 10.2. The Labute approximate surface area is 106 Å². The summed E-state index contributed by atoms with van der Waals surface area (Å²) in [5, 5.41) is 0. The van der Waals surface area contributed by atoms with Crippen LogP contribution in [-0.4, -0.2) is 55.3 Å². The summed E-state index contributed by atoms with van der Waals surface area (Å²) >= 11 is 0. The van der Waals surface area contributed by atoms with Gasteiger partial charge < -0.3 is 9.64 Å². The van der Waals surface area contributed by atoms with Crippen LogP contribution in [0.4, 0.5) is 10.2 Å². The molecule has 5 heteroatoms. The Balaban J connectivity index is 1.61. The Kier molecular flexibility index (Phi) is 3.43. The highest BCUT2D eigenvalue weighted by Gasteiger charge is 2.27. The van der Waals surface area contributed by atoms with Crippen molar-refractivity contribution in [2.45, 2.75) is 12.5 Å². The van der Waals surface area contributed by atoms with Gasteiger partial charge in [0.1, 0.15) is 0 Å². The molecule has 2 aliphatic rings. The van der Waals surface area contributed by atoms with E-state index in [1.807, 2.05) is 4.90 Å². The van der Waals surface area contributed by atoms with E-state index in [-0.39, 0.29) is 5.82 Å². The van der Waals surface area contributed by atoms with Crippen LogP contribution in [0.1, 0.15) is 6.42 Å². The van der Waals surface area contributed by atoms with Crippen LogP contribution in [0.25, 0.3) is 0 Å². The molecular formula is C13H18FN3O. The third-order valence-electron chi connectivity index (χ3n) is 3.77. The van der Waals surface area contributed by atoms with Gasteiger partial charge in [-0.25, -0.2) is 9.37 Å². The van der Waals surface area contributed by atoms with Gasteiger partial charge in [-0.1, -0.05) is 0 Å². The van der Waals surface area contributed by atoms with E-state index in [1.54, 1.807) is 12.3 Å².